The molecule has 0 bridgehead atoms. The molecule has 2 heterocycles. The number of hydrogen-bond acceptors (Lipinski definition) is 5. The fraction of sp³-hybridized carbons (Fsp3) is 0.111. The summed E-state index contributed by atoms with van der Waals surface area (Å²) < 4.78 is 18.0. The van der Waals surface area contributed by atoms with E-state index in [2.05, 4.69) is 22.5 Å². The number of benzene rings is 3. The maximum atomic E-state index is 13.8. The number of amides is 1. The summed E-state index contributed by atoms with van der Waals surface area (Å²) in [6, 6.07) is 16.6. The first kappa shape index (κ1) is 23.2. The van der Waals surface area contributed by atoms with E-state index in [1.54, 1.807) is 66.7 Å². The Bertz CT molecular complexity index is 1550. The molecule has 1 unspecified atom stereocenters. The third-order valence-electron chi connectivity index (χ3n) is 5.78. The molecule has 0 spiro atoms. The summed E-state index contributed by atoms with van der Waals surface area (Å²) in [7, 11) is 1.53. The lowest BCUT2D eigenvalue weighted by molar-refractivity contribution is 0.0971. The van der Waals surface area contributed by atoms with Gasteiger partial charge in [-0.3, -0.25) is 14.5 Å². The molecule has 6 nitrogen and oxygen atoms in total. The highest BCUT2D eigenvalue weighted by Crippen LogP contribution is 2.43. The summed E-state index contributed by atoms with van der Waals surface area (Å²) in [5.74, 6) is 0.551. The number of carbonyl (C=O) groups excluding carboxylic acids is 1. The molecule has 0 radical (unpaired) electrons. The highest BCUT2D eigenvalue weighted by Gasteiger charge is 2.44. The molecule has 0 N–H and O–H groups in total. The Labute approximate surface area is 214 Å². The van der Waals surface area contributed by atoms with Crippen LogP contribution < -0.4 is 19.8 Å². The molecular weight excluding hydrogens is 534 g/mol. The number of nitrogens with zero attached hydrogens (tertiary/aromatic N) is 1. The van der Waals surface area contributed by atoms with E-state index in [-0.39, 0.29) is 16.8 Å². The topological polar surface area (TPSA) is 69.0 Å². The number of fused-ring (bicyclic) bond motifs is 2. The van der Waals surface area contributed by atoms with Crippen LogP contribution in [0.2, 0.25) is 5.02 Å². The van der Waals surface area contributed by atoms with Gasteiger partial charge in [0.05, 0.1) is 24.1 Å². The Balaban J connectivity index is 1.77. The van der Waals surface area contributed by atoms with Gasteiger partial charge in [-0.25, -0.2) is 0 Å². The molecular formula is C27H19BrClNO5. The van der Waals surface area contributed by atoms with Gasteiger partial charge >= 0.3 is 0 Å². The molecule has 0 fully saturated rings. The van der Waals surface area contributed by atoms with Crippen molar-refractivity contribution in [3.63, 3.8) is 0 Å². The fourth-order valence-corrected chi connectivity index (χ4v) is 4.82. The smallest absolute Gasteiger partial charge is 0.295 e. The van der Waals surface area contributed by atoms with E-state index < -0.39 is 11.9 Å². The average molecular weight is 553 g/mol. The summed E-state index contributed by atoms with van der Waals surface area (Å²) in [6.45, 7) is 3.97. The molecule has 1 aliphatic rings. The van der Waals surface area contributed by atoms with Gasteiger partial charge in [-0.1, -0.05) is 52.3 Å². The minimum Gasteiger partial charge on any atom is -0.493 e. The third kappa shape index (κ3) is 4.00. The van der Waals surface area contributed by atoms with Crippen molar-refractivity contribution in [3.8, 4) is 11.5 Å². The first-order chi connectivity index (χ1) is 16.9. The number of anilines is 1. The van der Waals surface area contributed by atoms with Crippen molar-refractivity contribution < 1.29 is 18.7 Å². The number of ether oxygens (including phenoxy) is 2. The van der Waals surface area contributed by atoms with E-state index in [4.69, 9.17) is 25.5 Å². The lowest BCUT2D eigenvalue weighted by Gasteiger charge is -2.26. The highest BCUT2D eigenvalue weighted by atomic mass is 79.9. The van der Waals surface area contributed by atoms with Crippen LogP contribution in [0.15, 0.2) is 87.0 Å². The molecule has 0 saturated heterocycles. The SMILES string of the molecule is C=CCOc1ccc(C2c3c(oc4ccc(Br)cc4c3=O)C(=O)N2c2cccc(Cl)c2)cc1OC. The summed E-state index contributed by atoms with van der Waals surface area (Å²) in [6.07, 6.45) is 1.63. The normalized spacial score (nSPS) is 14.8. The summed E-state index contributed by atoms with van der Waals surface area (Å²) in [5, 5.41) is 0.839. The molecule has 5 rings (SSSR count). The molecule has 0 aliphatic carbocycles. The Morgan fingerprint density at radius 1 is 1.11 bits per heavy atom. The van der Waals surface area contributed by atoms with Gasteiger partial charge in [-0.05, 0) is 54.1 Å². The molecule has 3 aromatic carbocycles. The van der Waals surface area contributed by atoms with E-state index in [9.17, 15) is 9.59 Å². The van der Waals surface area contributed by atoms with Gasteiger partial charge in [-0.2, -0.15) is 0 Å². The molecule has 8 heteroatoms. The van der Waals surface area contributed by atoms with Crippen LogP contribution in [-0.2, 0) is 0 Å². The third-order valence-corrected chi connectivity index (χ3v) is 6.51. The summed E-state index contributed by atoms with van der Waals surface area (Å²) >= 11 is 9.67. The predicted octanol–water partition coefficient (Wildman–Crippen LogP) is 6.53. The maximum absolute atomic E-state index is 13.8. The Morgan fingerprint density at radius 2 is 1.94 bits per heavy atom. The van der Waals surface area contributed by atoms with Crippen LogP contribution in [-0.4, -0.2) is 19.6 Å². The summed E-state index contributed by atoms with van der Waals surface area (Å²) in [4.78, 5) is 29.0. The van der Waals surface area contributed by atoms with Crippen LogP contribution >= 0.6 is 27.5 Å². The highest BCUT2D eigenvalue weighted by molar-refractivity contribution is 9.10. The number of hydrogen-bond donors (Lipinski definition) is 0. The zero-order valence-electron chi connectivity index (χ0n) is 18.6. The zero-order chi connectivity index (χ0) is 24.7. The van der Waals surface area contributed by atoms with Crippen LogP contribution in [0.25, 0.3) is 11.0 Å². The van der Waals surface area contributed by atoms with Crippen molar-refractivity contribution in [3.05, 3.63) is 110 Å². The van der Waals surface area contributed by atoms with Crippen molar-refractivity contribution in [1.82, 2.24) is 0 Å². The molecule has 0 saturated carbocycles. The van der Waals surface area contributed by atoms with Gasteiger partial charge in [0.2, 0.25) is 5.76 Å². The van der Waals surface area contributed by atoms with Crippen molar-refractivity contribution >= 4 is 50.1 Å². The van der Waals surface area contributed by atoms with Crippen LogP contribution in [0.1, 0.15) is 27.7 Å². The van der Waals surface area contributed by atoms with Gasteiger partial charge in [0.25, 0.3) is 5.91 Å². The van der Waals surface area contributed by atoms with Crippen LogP contribution in [0.3, 0.4) is 0 Å². The van der Waals surface area contributed by atoms with Gasteiger partial charge in [0.15, 0.2) is 16.9 Å². The molecule has 1 aliphatic heterocycles. The van der Waals surface area contributed by atoms with Crippen LogP contribution in [0.4, 0.5) is 5.69 Å². The molecule has 1 atom stereocenters. The molecule has 1 amide bonds. The van der Waals surface area contributed by atoms with E-state index in [1.807, 2.05) is 0 Å². The molecule has 176 valence electrons. The monoisotopic (exact) mass is 551 g/mol. The van der Waals surface area contributed by atoms with Crippen LogP contribution in [0.5, 0.6) is 11.5 Å². The number of methoxy groups -OCH3 is 1. The first-order valence-electron chi connectivity index (χ1n) is 10.7. The van der Waals surface area contributed by atoms with E-state index >= 15 is 0 Å². The zero-order valence-corrected chi connectivity index (χ0v) is 20.9. The number of rotatable bonds is 6. The largest absolute Gasteiger partial charge is 0.493 e. The lowest BCUT2D eigenvalue weighted by atomic mass is 9.97. The van der Waals surface area contributed by atoms with Crippen LogP contribution in [0, 0.1) is 0 Å². The summed E-state index contributed by atoms with van der Waals surface area (Å²) in [5.41, 5.74) is 1.50. The van der Waals surface area contributed by atoms with Crippen molar-refractivity contribution in [2.24, 2.45) is 0 Å². The van der Waals surface area contributed by atoms with Gasteiger partial charge in [0.1, 0.15) is 12.2 Å². The number of halogens is 2. The van der Waals surface area contributed by atoms with E-state index in [1.165, 1.54) is 12.0 Å². The second kappa shape index (κ2) is 9.24. The minimum atomic E-state index is -0.766. The lowest BCUT2D eigenvalue weighted by Crippen LogP contribution is -2.29. The van der Waals surface area contributed by atoms with E-state index in [0.29, 0.717) is 45.3 Å². The van der Waals surface area contributed by atoms with Crippen molar-refractivity contribution in [1.29, 1.82) is 0 Å². The van der Waals surface area contributed by atoms with E-state index in [0.717, 1.165) is 4.47 Å². The second-order valence-electron chi connectivity index (χ2n) is 7.88. The predicted molar refractivity (Wildman–Crippen MR) is 139 cm³/mol. The molecule has 1 aromatic heterocycles. The van der Waals surface area contributed by atoms with Crippen molar-refractivity contribution in [2.75, 3.05) is 18.6 Å². The van der Waals surface area contributed by atoms with Crippen molar-refractivity contribution in [2.45, 2.75) is 6.04 Å². The average Bonchev–Trinajstić information content (AvgIpc) is 3.15. The second-order valence-corrected chi connectivity index (χ2v) is 9.23. The Hall–Kier alpha value is -3.55. The standard InChI is InChI=1S/C27H19BrClNO5/c1-3-11-34-21-9-7-15(12-22(21)33-2)24-23-25(31)19-13-16(28)8-10-20(19)35-26(23)27(32)30(24)18-6-4-5-17(29)14-18/h3-10,12-14,24H,1,11H2,2H3. The minimum absolute atomic E-state index is 0.000693. The first-order valence-corrected chi connectivity index (χ1v) is 11.9. The van der Waals surface area contributed by atoms with Gasteiger partial charge in [-0.15, -0.1) is 0 Å². The van der Waals surface area contributed by atoms with Gasteiger partial charge in [0, 0.05) is 15.2 Å². The molecule has 4 aromatic rings. The van der Waals surface area contributed by atoms with Gasteiger partial charge < -0.3 is 13.9 Å². The fourth-order valence-electron chi connectivity index (χ4n) is 4.27. The maximum Gasteiger partial charge on any atom is 0.295 e. The quantitative estimate of drug-likeness (QED) is 0.254. The Morgan fingerprint density at radius 3 is 2.69 bits per heavy atom. The number of carbonyl (C=O) groups is 1. The Kier molecular flexibility index (Phi) is 6.13. The molecule has 35 heavy (non-hydrogen) atoms.